The third-order valence-electron chi connectivity index (χ3n) is 2.03. The first-order valence-electron chi connectivity index (χ1n) is 4.49. The highest BCUT2D eigenvalue weighted by molar-refractivity contribution is 7.83. The van der Waals surface area contributed by atoms with Crippen LogP contribution in [0.25, 0.3) is 0 Å². The van der Waals surface area contributed by atoms with Gasteiger partial charge in [-0.05, 0) is 24.5 Å². The second-order valence-corrected chi connectivity index (χ2v) is 3.93. The fourth-order valence-electron chi connectivity index (χ4n) is 1.28. The highest BCUT2D eigenvalue weighted by Crippen LogP contribution is 2.07. The van der Waals surface area contributed by atoms with Crippen molar-refractivity contribution < 1.29 is 4.21 Å². The number of hydrogen-bond acceptors (Lipinski definition) is 3. The van der Waals surface area contributed by atoms with Crippen LogP contribution in [0, 0.1) is 0 Å². The Morgan fingerprint density at radius 3 is 2.80 bits per heavy atom. The van der Waals surface area contributed by atoms with Crippen molar-refractivity contribution in [1.29, 1.82) is 0 Å². The smallest absolute Gasteiger partial charge is 0.267 e. The molecule has 78 valence electrons. The molecule has 0 saturated heterocycles. The van der Waals surface area contributed by atoms with Crippen molar-refractivity contribution >= 4 is 22.7 Å². The minimum Gasteiger partial charge on any atom is -0.382 e. The van der Waals surface area contributed by atoms with Crippen LogP contribution in [0.3, 0.4) is 0 Å². The molecule has 1 aliphatic rings. The molecule has 15 heavy (non-hydrogen) atoms. The molecule has 0 saturated carbocycles. The standard InChI is InChI=1S/C9H10N4OS/c10-9-8(12-15(14)13-9)4-3-7-2-1-5-11-6-7/h1-2,5-6H,3-4H2,(H2,10,13). The molecule has 1 aromatic rings. The number of rotatable bonds is 3. The molecule has 1 aliphatic heterocycles. The highest BCUT2D eigenvalue weighted by atomic mass is 32.2. The number of amidine groups is 1. The van der Waals surface area contributed by atoms with Gasteiger partial charge in [-0.2, -0.15) is 4.40 Å². The molecule has 0 radical (unpaired) electrons. The minimum absolute atomic E-state index is 0.289. The van der Waals surface area contributed by atoms with Gasteiger partial charge in [-0.15, -0.1) is 4.40 Å². The molecule has 1 aromatic heterocycles. The van der Waals surface area contributed by atoms with E-state index >= 15 is 0 Å². The summed E-state index contributed by atoms with van der Waals surface area (Å²) in [5, 5.41) is 0. The molecule has 0 fully saturated rings. The van der Waals surface area contributed by atoms with Gasteiger partial charge in [0.2, 0.25) is 0 Å². The van der Waals surface area contributed by atoms with Gasteiger partial charge < -0.3 is 5.73 Å². The number of nitrogens with zero attached hydrogens (tertiary/aromatic N) is 3. The Bertz CT molecular complexity index is 441. The summed E-state index contributed by atoms with van der Waals surface area (Å²) < 4.78 is 18.4. The Labute approximate surface area is 89.9 Å². The van der Waals surface area contributed by atoms with Crippen molar-refractivity contribution in [2.45, 2.75) is 12.8 Å². The molecule has 0 spiro atoms. The predicted octanol–water partition coefficient (Wildman–Crippen LogP) is 0.405. The largest absolute Gasteiger partial charge is 0.382 e. The van der Waals surface area contributed by atoms with Crippen LogP contribution in [0.2, 0.25) is 0 Å². The fourth-order valence-corrected chi connectivity index (χ4v) is 1.97. The van der Waals surface area contributed by atoms with E-state index in [0.29, 0.717) is 12.1 Å². The number of aromatic nitrogens is 1. The maximum Gasteiger partial charge on any atom is 0.267 e. The summed E-state index contributed by atoms with van der Waals surface area (Å²) >= 11 is -1.51. The molecule has 2 N–H and O–H groups in total. The maximum absolute atomic E-state index is 10.9. The number of aryl methyl sites for hydroxylation is 1. The summed E-state index contributed by atoms with van der Waals surface area (Å²) in [4.78, 5) is 4.00. The zero-order valence-corrected chi connectivity index (χ0v) is 8.78. The average molecular weight is 222 g/mol. The lowest BCUT2D eigenvalue weighted by Gasteiger charge is -1.99. The van der Waals surface area contributed by atoms with Crippen molar-refractivity contribution in [1.82, 2.24) is 4.98 Å². The van der Waals surface area contributed by atoms with E-state index in [0.717, 1.165) is 12.0 Å². The maximum atomic E-state index is 10.9. The first-order valence-corrected chi connectivity index (χ1v) is 5.55. The average Bonchev–Trinajstić information content (AvgIpc) is 2.56. The van der Waals surface area contributed by atoms with Gasteiger partial charge in [0.25, 0.3) is 11.2 Å². The lowest BCUT2D eigenvalue weighted by Crippen LogP contribution is -2.21. The van der Waals surface area contributed by atoms with E-state index in [2.05, 4.69) is 13.8 Å². The quantitative estimate of drug-likeness (QED) is 0.804. The van der Waals surface area contributed by atoms with Crippen molar-refractivity contribution in [3.8, 4) is 0 Å². The summed E-state index contributed by atoms with van der Waals surface area (Å²) in [5.74, 6) is 0.289. The molecular weight excluding hydrogens is 212 g/mol. The van der Waals surface area contributed by atoms with Gasteiger partial charge in [-0.3, -0.25) is 4.98 Å². The van der Waals surface area contributed by atoms with Crippen molar-refractivity contribution in [3.05, 3.63) is 30.1 Å². The molecule has 2 rings (SSSR count). The van der Waals surface area contributed by atoms with E-state index in [1.165, 1.54) is 0 Å². The molecular formula is C9H10N4OS. The summed E-state index contributed by atoms with van der Waals surface area (Å²) in [6, 6.07) is 3.86. The molecule has 5 nitrogen and oxygen atoms in total. The van der Waals surface area contributed by atoms with Gasteiger partial charge in [0.05, 0.1) is 5.71 Å². The monoisotopic (exact) mass is 222 g/mol. The van der Waals surface area contributed by atoms with E-state index in [-0.39, 0.29) is 5.84 Å². The highest BCUT2D eigenvalue weighted by Gasteiger charge is 2.14. The molecule has 0 aliphatic carbocycles. The van der Waals surface area contributed by atoms with Gasteiger partial charge >= 0.3 is 0 Å². The molecule has 0 aromatic carbocycles. The molecule has 0 bridgehead atoms. The van der Waals surface area contributed by atoms with E-state index in [1.807, 2.05) is 12.1 Å². The minimum atomic E-state index is -1.51. The summed E-state index contributed by atoms with van der Waals surface area (Å²) in [6.45, 7) is 0. The Balaban J connectivity index is 1.98. The van der Waals surface area contributed by atoms with Crippen LogP contribution >= 0.6 is 0 Å². The zero-order chi connectivity index (χ0) is 10.7. The lowest BCUT2D eigenvalue weighted by atomic mass is 10.1. The van der Waals surface area contributed by atoms with E-state index in [4.69, 9.17) is 5.73 Å². The van der Waals surface area contributed by atoms with Crippen LogP contribution in [0.15, 0.2) is 33.3 Å². The van der Waals surface area contributed by atoms with Gasteiger partial charge in [-0.1, -0.05) is 6.07 Å². The Hall–Kier alpha value is -1.56. The van der Waals surface area contributed by atoms with Crippen LogP contribution in [-0.2, 0) is 17.6 Å². The summed E-state index contributed by atoms with van der Waals surface area (Å²) in [5.41, 5.74) is 7.27. The second kappa shape index (κ2) is 4.31. The molecule has 6 heteroatoms. The summed E-state index contributed by atoms with van der Waals surface area (Å²) in [7, 11) is 0. The fraction of sp³-hybridized carbons (Fsp3) is 0.222. The van der Waals surface area contributed by atoms with Crippen LogP contribution in [-0.4, -0.2) is 20.7 Å². The normalized spacial score (nSPS) is 19.9. The Kier molecular flexibility index (Phi) is 2.86. The van der Waals surface area contributed by atoms with Crippen molar-refractivity contribution in [2.24, 2.45) is 14.5 Å². The molecule has 1 atom stereocenters. The zero-order valence-electron chi connectivity index (χ0n) is 7.96. The first-order chi connectivity index (χ1) is 7.25. The van der Waals surface area contributed by atoms with Crippen molar-refractivity contribution in [3.63, 3.8) is 0 Å². The second-order valence-electron chi connectivity index (χ2n) is 3.11. The number of pyridine rings is 1. The van der Waals surface area contributed by atoms with E-state index in [9.17, 15) is 4.21 Å². The van der Waals surface area contributed by atoms with Crippen LogP contribution in [0.4, 0.5) is 0 Å². The Morgan fingerprint density at radius 2 is 2.20 bits per heavy atom. The van der Waals surface area contributed by atoms with E-state index < -0.39 is 11.2 Å². The van der Waals surface area contributed by atoms with Gasteiger partial charge in [0.1, 0.15) is 0 Å². The Morgan fingerprint density at radius 1 is 1.33 bits per heavy atom. The van der Waals surface area contributed by atoms with E-state index in [1.54, 1.807) is 12.4 Å². The van der Waals surface area contributed by atoms with Crippen LogP contribution < -0.4 is 5.73 Å². The predicted molar refractivity (Wildman–Crippen MR) is 59.8 cm³/mol. The van der Waals surface area contributed by atoms with Gasteiger partial charge in [-0.25, -0.2) is 4.21 Å². The number of nitrogens with two attached hydrogens (primary N) is 1. The lowest BCUT2D eigenvalue weighted by molar-refractivity contribution is 0.686. The van der Waals surface area contributed by atoms with Gasteiger partial charge in [0.15, 0.2) is 5.84 Å². The van der Waals surface area contributed by atoms with Crippen molar-refractivity contribution in [2.75, 3.05) is 0 Å². The molecule has 0 amide bonds. The first kappa shape index (κ1) is 9.97. The molecule has 1 unspecified atom stereocenters. The van der Waals surface area contributed by atoms with Gasteiger partial charge in [0, 0.05) is 12.4 Å². The topological polar surface area (TPSA) is 80.7 Å². The SMILES string of the molecule is NC1=NS(=O)N=C1CCc1cccnc1. The number of hydrogen-bond donors (Lipinski definition) is 1. The summed E-state index contributed by atoms with van der Waals surface area (Å²) in [6.07, 6.45) is 4.94. The van der Waals surface area contributed by atoms with Crippen LogP contribution in [0.1, 0.15) is 12.0 Å². The molecule has 2 heterocycles. The van der Waals surface area contributed by atoms with Crippen LogP contribution in [0.5, 0.6) is 0 Å². The third kappa shape index (κ3) is 2.47. The third-order valence-corrected chi connectivity index (χ3v) is 2.76.